The van der Waals surface area contributed by atoms with Crippen molar-refractivity contribution in [2.45, 2.75) is 25.8 Å². The highest BCUT2D eigenvalue weighted by atomic mass is 28.3. The van der Waals surface area contributed by atoms with Crippen molar-refractivity contribution in [1.29, 1.82) is 0 Å². The summed E-state index contributed by atoms with van der Waals surface area (Å²) in [6.07, 6.45) is 2.24. The van der Waals surface area contributed by atoms with Gasteiger partial charge in [0.05, 0.1) is 0 Å². The zero-order chi connectivity index (χ0) is 7.28. The Morgan fingerprint density at radius 3 is 2.33 bits per heavy atom. The monoisotopic (exact) mass is 145 g/mol. The SMILES string of the molecule is CCCC[Si](=O)N(C)C. The summed E-state index contributed by atoms with van der Waals surface area (Å²) >= 11 is 0. The summed E-state index contributed by atoms with van der Waals surface area (Å²) in [5.74, 6) is 0. The van der Waals surface area contributed by atoms with E-state index in [2.05, 4.69) is 6.92 Å². The summed E-state index contributed by atoms with van der Waals surface area (Å²) in [6.45, 7) is 2.12. The summed E-state index contributed by atoms with van der Waals surface area (Å²) in [4.78, 5) is 0. The predicted molar refractivity (Wildman–Crippen MR) is 39.8 cm³/mol. The van der Waals surface area contributed by atoms with Crippen molar-refractivity contribution in [3.05, 3.63) is 0 Å². The van der Waals surface area contributed by atoms with Crippen LogP contribution in [0.15, 0.2) is 0 Å². The summed E-state index contributed by atoms with van der Waals surface area (Å²) in [7, 11) is 2.36. The van der Waals surface area contributed by atoms with Crippen molar-refractivity contribution >= 4 is 8.84 Å². The van der Waals surface area contributed by atoms with E-state index in [-0.39, 0.29) is 0 Å². The lowest BCUT2D eigenvalue weighted by atomic mass is 10.4. The van der Waals surface area contributed by atoms with Gasteiger partial charge in [0, 0.05) is 6.04 Å². The van der Waals surface area contributed by atoms with Gasteiger partial charge in [0.1, 0.15) is 0 Å². The van der Waals surface area contributed by atoms with Crippen LogP contribution in [0.25, 0.3) is 0 Å². The molecule has 0 atom stereocenters. The molecule has 0 heterocycles. The molecule has 0 saturated heterocycles. The maximum Gasteiger partial charge on any atom is 0.394 e. The number of hydrogen-bond acceptors (Lipinski definition) is 1. The number of nitrogens with zero attached hydrogens (tertiary/aromatic N) is 1. The van der Waals surface area contributed by atoms with Crippen molar-refractivity contribution in [3.8, 4) is 0 Å². The molecule has 0 aliphatic heterocycles. The maximum atomic E-state index is 11.0. The molecule has 0 N–H and O–H groups in total. The summed E-state index contributed by atoms with van der Waals surface area (Å²) in [5.41, 5.74) is 0. The van der Waals surface area contributed by atoms with Gasteiger partial charge in [0.2, 0.25) is 0 Å². The lowest BCUT2D eigenvalue weighted by Crippen LogP contribution is -2.23. The first-order valence-electron chi connectivity index (χ1n) is 3.38. The van der Waals surface area contributed by atoms with Gasteiger partial charge in [-0.15, -0.1) is 0 Å². The molecular formula is C6H15NOSi. The van der Waals surface area contributed by atoms with Crippen LogP contribution >= 0.6 is 0 Å². The molecule has 54 valence electrons. The van der Waals surface area contributed by atoms with Gasteiger partial charge < -0.3 is 9.03 Å². The van der Waals surface area contributed by atoms with Crippen LogP contribution in [0.1, 0.15) is 19.8 Å². The van der Waals surface area contributed by atoms with Crippen LogP contribution in [-0.4, -0.2) is 27.5 Å². The third-order valence-corrected chi connectivity index (χ3v) is 3.02. The Labute approximate surface area is 58.6 Å². The first-order chi connectivity index (χ1) is 4.18. The molecule has 0 aromatic heterocycles. The number of unbranched alkanes of at least 4 members (excludes halogenated alkanes) is 1. The van der Waals surface area contributed by atoms with Crippen molar-refractivity contribution < 1.29 is 4.46 Å². The van der Waals surface area contributed by atoms with Crippen LogP contribution in [0.5, 0.6) is 0 Å². The molecule has 9 heavy (non-hydrogen) atoms. The van der Waals surface area contributed by atoms with Gasteiger partial charge in [-0.05, 0) is 20.5 Å². The largest absolute Gasteiger partial charge is 0.394 e. The Balaban J connectivity index is 3.28. The highest BCUT2D eigenvalue weighted by molar-refractivity contribution is 6.39. The van der Waals surface area contributed by atoms with E-state index in [0.29, 0.717) is 0 Å². The molecule has 0 aliphatic rings. The van der Waals surface area contributed by atoms with Crippen molar-refractivity contribution in [1.82, 2.24) is 4.57 Å². The third kappa shape index (κ3) is 4.33. The smallest absolute Gasteiger partial charge is 0.383 e. The maximum absolute atomic E-state index is 11.0. The Hall–Kier alpha value is -0.183. The van der Waals surface area contributed by atoms with E-state index >= 15 is 0 Å². The van der Waals surface area contributed by atoms with Gasteiger partial charge in [-0.3, -0.25) is 0 Å². The Kier molecular flexibility index (Phi) is 4.58. The van der Waals surface area contributed by atoms with Gasteiger partial charge in [-0.2, -0.15) is 0 Å². The summed E-state index contributed by atoms with van der Waals surface area (Å²) < 4.78 is 12.8. The van der Waals surface area contributed by atoms with E-state index in [4.69, 9.17) is 0 Å². The molecule has 3 heteroatoms. The minimum absolute atomic E-state index is 0.883. The average molecular weight is 145 g/mol. The molecule has 0 unspecified atom stereocenters. The molecule has 0 bridgehead atoms. The van der Waals surface area contributed by atoms with Gasteiger partial charge in [-0.25, -0.2) is 0 Å². The lowest BCUT2D eigenvalue weighted by Gasteiger charge is -2.06. The second-order valence-corrected chi connectivity index (χ2v) is 4.57. The van der Waals surface area contributed by atoms with E-state index in [0.717, 1.165) is 18.9 Å². The van der Waals surface area contributed by atoms with Crippen LogP contribution in [0.3, 0.4) is 0 Å². The number of hydrogen-bond donors (Lipinski definition) is 0. The topological polar surface area (TPSA) is 20.3 Å². The van der Waals surface area contributed by atoms with Crippen LogP contribution in [0, 0.1) is 0 Å². The van der Waals surface area contributed by atoms with E-state index < -0.39 is 8.84 Å². The van der Waals surface area contributed by atoms with Crippen LogP contribution in [0.4, 0.5) is 0 Å². The second-order valence-electron chi connectivity index (χ2n) is 2.39. The highest BCUT2D eigenvalue weighted by Gasteiger charge is 2.04. The van der Waals surface area contributed by atoms with Gasteiger partial charge in [0.15, 0.2) is 0 Å². The molecule has 0 amide bonds. The zero-order valence-corrected chi connectivity index (χ0v) is 7.48. The molecule has 0 saturated carbocycles. The molecule has 0 aliphatic carbocycles. The van der Waals surface area contributed by atoms with E-state index in [1.807, 2.05) is 18.7 Å². The van der Waals surface area contributed by atoms with E-state index in [9.17, 15) is 4.46 Å². The van der Waals surface area contributed by atoms with Crippen molar-refractivity contribution in [2.75, 3.05) is 14.1 Å². The van der Waals surface area contributed by atoms with E-state index in [1.54, 1.807) is 0 Å². The Bertz CT molecular complexity index is 93.1. The summed E-state index contributed by atoms with van der Waals surface area (Å²) in [5, 5.41) is 0. The summed E-state index contributed by atoms with van der Waals surface area (Å²) in [6, 6.07) is 0.883. The second kappa shape index (κ2) is 4.67. The highest BCUT2D eigenvalue weighted by Crippen LogP contribution is 1.95. The minimum atomic E-state index is -1.39. The fraction of sp³-hybridized carbons (Fsp3) is 1.00. The molecular weight excluding hydrogens is 130 g/mol. The molecule has 0 radical (unpaired) electrons. The standard InChI is InChI=1S/C6H15NOSi/c1-4-5-6-9(8)7(2)3/h4-6H2,1-3H3. The fourth-order valence-corrected chi connectivity index (χ4v) is 1.65. The Morgan fingerprint density at radius 2 is 2.00 bits per heavy atom. The molecule has 0 rings (SSSR count). The minimum Gasteiger partial charge on any atom is -0.383 e. The molecule has 0 aromatic carbocycles. The van der Waals surface area contributed by atoms with Crippen molar-refractivity contribution in [3.63, 3.8) is 0 Å². The first-order valence-corrected chi connectivity index (χ1v) is 4.95. The van der Waals surface area contributed by atoms with Crippen molar-refractivity contribution in [2.24, 2.45) is 0 Å². The van der Waals surface area contributed by atoms with E-state index in [1.165, 1.54) is 0 Å². The normalized spacial score (nSPS) is 9.22. The fourth-order valence-electron chi connectivity index (χ4n) is 0.552. The predicted octanol–water partition coefficient (Wildman–Crippen LogP) is 1.27. The van der Waals surface area contributed by atoms with Gasteiger partial charge in [-0.1, -0.05) is 13.3 Å². The molecule has 0 fully saturated rings. The number of rotatable bonds is 4. The Morgan fingerprint density at radius 1 is 1.44 bits per heavy atom. The molecule has 0 spiro atoms. The van der Waals surface area contributed by atoms with Crippen LogP contribution in [0.2, 0.25) is 6.04 Å². The lowest BCUT2D eigenvalue weighted by molar-refractivity contribution is 0.485. The quantitative estimate of drug-likeness (QED) is 0.555. The van der Waals surface area contributed by atoms with Gasteiger partial charge >= 0.3 is 8.84 Å². The molecule has 2 nitrogen and oxygen atoms in total. The zero-order valence-electron chi connectivity index (χ0n) is 6.48. The van der Waals surface area contributed by atoms with Crippen LogP contribution in [-0.2, 0) is 4.46 Å². The van der Waals surface area contributed by atoms with Crippen LogP contribution < -0.4 is 0 Å². The third-order valence-electron chi connectivity index (χ3n) is 1.24. The van der Waals surface area contributed by atoms with Gasteiger partial charge in [0.25, 0.3) is 0 Å². The average Bonchev–Trinajstić information content (AvgIpc) is 1.82. The molecule has 0 aromatic rings. The first kappa shape index (κ1) is 8.82.